The van der Waals surface area contributed by atoms with Crippen molar-refractivity contribution in [3.8, 4) is 0 Å². The fraction of sp³-hybridized carbons (Fsp3) is 0.438. The highest BCUT2D eigenvalue weighted by Crippen LogP contribution is 2.34. The zero-order valence-corrected chi connectivity index (χ0v) is 14.4. The van der Waals surface area contributed by atoms with Crippen LogP contribution in [-0.4, -0.2) is 67.5 Å². The highest BCUT2D eigenvalue weighted by atomic mass is 32.2. The number of amides is 3. The van der Waals surface area contributed by atoms with Crippen LogP contribution in [-0.2, 0) is 14.4 Å². The van der Waals surface area contributed by atoms with Crippen LogP contribution in [0.2, 0.25) is 0 Å². The zero-order valence-electron chi connectivity index (χ0n) is 13.6. The number of carbonyl (C=O) groups excluding carboxylic acids is 3. The number of carbonyl (C=O) groups is 3. The second kappa shape index (κ2) is 7.50. The van der Waals surface area contributed by atoms with Crippen molar-refractivity contribution < 1.29 is 14.4 Å². The summed E-state index contributed by atoms with van der Waals surface area (Å²) in [5, 5.41) is 0. The van der Waals surface area contributed by atoms with E-state index in [4.69, 9.17) is 0 Å². The van der Waals surface area contributed by atoms with Crippen molar-refractivity contribution in [2.24, 2.45) is 0 Å². The molecule has 0 saturated heterocycles. The lowest BCUT2D eigenvalue weighted by atomic mass is 10.2. The molecule has 0 atom stereocenters. The molecule has 1 heterocycles. The van der Waals surface area contributed by atoms with Gasteiger partial charge < -0.3 is 14.7 Å². The fourth-order valence-electron chi connectivity index (χ4n) is 2.23. The lowest BCUT2D eigenvalue weighted by Gasteiger charge is -2.29. The Bertz CT molecular complexity index is 618. The molecule has 6 nitrogen and oxygen atoms in total. The van der Waals surface area contributed by atoms with E-state index < -0.39 is 0 Å². The number of nitrogens with zero attached hydrogens (tertiary/aromatic N) is 3. The Labute approximate surface area is 140 Å². The lowest BCUT2D eigenvalue weighted by molar-refractivity contribution is -0.137. The maximum atomic E-state index is 12.2. The van der Waals surface area contributed by atoms with Gasteiger partial charge in [-0.3, -0.25) is 14.4 Å². The van der Waals surface area contributed by atoms with Crippen molar-refractivity contribution in [3.63, 3.8) is 0 Å². The predicted octanol–water partition coefficient (Wildman–Crippen LogP) is 1.06. The maximum Gasteiger partial charge on any atom is 0.241 e. The number of para-hydroxylation sites is 1. The van der Waals surface area contributed by atoms with Crippen molar-refractivity contribution in [2.75, 3.05) is 44.9 Å². The molecule has 0 spiro atoms. The van der Waals surface area contributed by atoms with E-state index in [-0.39, 0.29) is 30.7 Å². The van der Waals surface area contributed by atoms with Crippen LogP contribution in [0.3, 0.4) is 0 Å². The smallest absolute Gasteiger partial charge is 0.241 e. The van der Waals surface area contributed by atoms with Gasteiger partial charge in [0.2, 0.25) is 17.7 Å². The monoisotopic (exact) mass is 335 g/mol. The highest BCUT2D eigenvalue weighted by molar-refractivity contribution is 8.00. The van der Waals surface area contributed by atoms with Crippen LogP contribution in [0.4, 0.5) is 5.69 Å². The fourth-order valence-corrected chi connectivity index (χ4v) is 3.17. The molecule has 1 aromatic rings. The van der Waals surface area contributed by atoms with Gasteiger partial charge in [-0.25, -0.2) is 0 Å². The van der Waals surface area contributed by atoms with Crippen molar-refractivity contribution >= 4 is 35.2 Å². The second-order valence-electron chi connectivity index (χ2n) is 5.59. The highest BCUT2D eigenvalue weighted by Gasteiger charge is 2.25. The Balaban J connectivity index is 1.96. The molecule has 0 aromatic heterocycles. The minimum absolute atomic E-state index is 0.00789. The van der Waals surface area contributed by atoms with Gasteiger partial charge in [-0.15, -0.1) is 11.8 Å². The lowest BCUT2D eigenvalue weighted by Crippen LogP contribution is -2.41. The molecule has 0 fully saturated rings. The van der Waals surface area contributed by atoms with Crippen LogP contribution < -0.4 is 4.90 Å². The van der Waals surface area contributed by atoms with Crippen molar-refractivity contribution in [1.29, 1.82) is 0 Å². The zero-order chi connectivity index (χ0) is 17.0. The summed E-state index contributed by atoms with van der Waals surface area (Å²) in [6.45, 7) is 0.377. The second-order valence-corrected chi connectivity index (χ2v) is 6.61. The number of rotatable bonds is 5. The van der Waals surface area contributed by atoms with Gasteiger partial charge in [0.05, 0.1) is 18.0 Å². The van der Waals surface area contributed by atoms with E-state index >= 15 is 0 Å². The Morgan fingerprint density at radius 1 is 1.17 bits per heavy atom. The first-order valence-electron chi connectivity index (χ1n) is 7.36. The molecule has 0 radical (unpaired) electrons. The summed E-state index contributed by atoms with van der Waals surface area (Å²) in [6, 6.07) is 7.69. The quantitative estimate of drug-likeness (QED) is 0.807. The summed E-state index contributed by atoms with van der Waals surface area (Å²) >= 11 is 1.52. The molecular weight excluding hydrogens is 314 g/mol. The summed E-state index contributed by atoms with van der Waals surface area (Å²) in [6.07, 6.45) is 0.196. The molecule has 1 aromatic carbocycles. The predicted molar refractivity (Wildman–Crippen MR) is 90.5 cm³/mol. The summed E-state index contributed by atoms with van der Waals surface area (Å²) in [4.78, 5) is 41.5. The van der Waals surface area contributed by atoms with Gasteiger partial charge in [0.15, 0.2) is 0 Å². The van der Waals surface area contributed by atoms with Crippen LogP contribution in [0.5, 0.6) is 0 Å². The first-order chi connectivity index (χ1) is 10.9. The van der Waals surface area contributed by atoms with Crippen LogP contribution in [0.1, 0.15) is 6.42 Å². The van der Waals surface area contributed by atoms with Gasteiger partial charge in [0, 0.05) is 39.0 Å². The average molecular weight is 335 g/mol. The number of anilines is 1. The van der Waals surface area contributed by atoms with E-state index in [1.54, 1.807) is 26.0 Å². The van der Waals surface area contributed by atoms with E-state index in [1.807, 2.05) is 24.3 Å². The summed E-state index contributed by atoms with van der Waals surface area (Å²) in [7, 11) is 4.91. The van der Waals surface area contributed by atoms with Crippen molar-refractivity contribution in [2.45, 2.75) is 11.3 Å². The van der Waals surface area contributed by atoms with E-state index in [1.165, 1.54) is 21.6 Å². The number of hydrogen-bond donors (Lipinski definition) is 0. The summed E-state index contributed by atoms with van der Waals surface area (Å²) < 4.78 is 0. The third-order valence-corrected chi connectivity index (χ3v) is 4.70. The minimum Gasteiger partial charge on any atom is -0.347 e. The molecule has 3 amide bonds. The normalized spacial score (nSPS) is 13.5. The van der Waals surface area contributed by atoms with Gasteiger partial charge in [-0.1, -0.05) is 12.1 Å². The van der Waals surface area contributed by atoms with Crippen LogP contribution in [0.25, 0.3) is 0 Å². The SMILES string of the molecule is CN(C)C(=O)CN(C)C(=O)CCN1C(=O)CSc2ccccc21. The van der Waals surface area contributed by atoms with Gasteiger partial charge in [-0.2, -0.15) is 0 Å². The molecule has 1 aliphatic rings. The van der Waals surface area contributed by atoms with Crippen LogP contribution in [0, 0.1) is 0 Å². The topological polar surface area (TPSA) is 60.9 Å². The van der Waals surface area contributed by atoms with Gasteiger partial charge in [0.1, 0.15) is 0 Å². The van der Waals surface area contributed by atoms with Crippen molar-refractivity contribution in [3.05, 3.63) is 24.3 Å². The summed E-state index contributed by atoms with van der Waals surface area (Å²) in [5.41, 5.74) is 0.855. The van der Waals surface area contributed by atoms with Gasteiger partial charge in [-0.05, 0) is 12.1 Å². The minimum atomic E-state index is -0.149. The third-order valence-electron chi connectivity index (χ3n) is 3.65. The van der Waals surface area contributed by atoms with Crippen LogP contribution >= 0.6 is 11.8 Å². The number of hydrogen-bond acceptors (Lipinski definition) is 4. The number of benzene rings is 1. The largest absolute Gasteiger partial charge is 0.347 e. The van der Waals surface area contributed by atoms with E-state index in [2.05, 4.69) is 0 Å². The van der Waals surface area contributed by atoms with E-state index in [0.29, 0.717) is 12.3 Å². The third kappa shape index (κ3) is 4.25. The molecule has 2 rings (SSSR count). The Morgan fingerprint density at radius 3 is 2.57 bits per heavy atom. The van der Waals surface area contributed by atoms with Crippen LogP contribution in [0.15, 0.2) is 29.2 Å². The number of thioether (sulfide) groups is 1. The molecule has 124 valence electrons. The van der Waals surface area contributed by atoms with E-state index in [9.17, 15) is 14.4 Å². The first-order valence-corrected chi connectivity index (χ1v) is 8.35. The van der Waals surface area contributed by atoms with Crippen molar-refractivity contribution in [1.82, 2.24) is 9.80 Å². The molecule has 0 saturated carbocycles. The van der Waals surface area contributed by atoms with Gasteiger partial charge in [0.25, 0.3) is 0 Å². The van der Waals surface area contributed by atoms with Gasteiger partial charge >= 0.3 is 0 Å². The maximum absolute atomic E-state index is 12.2. The standard InChI is InChI=1S/C16H21N3O3S/c1-17(2)15(21)10-18(3)14(20)8-9-19-12-6-4-5-7-13(12)23-11-16(19)22/h4-7H,8-11H2,1-3H3. The molecule has 0 unspecified atom stereocenters. The molecule has 0 bridgehead atoms. The van der Waals surface area contributed by atoms with E-state index in [0.717, 1.165) is 10.6 Å². The Hall–Kier alpha value is -2.02. The molecule has 7 heteroatoms. The summed E-state index contributed by atoms with van der Waals surface area (Å²) in [5.74, 6) is 0.119. The number of fused-ring (bicyclic) bond motifs is 1. The molecular formula is C16H21N3O3S. The molecule has 23 heavy (non-hydrogen) atoms. The Morgan fingerprint density at radius 2 is 1.87 bits per heavy atom. The molecule has 0 N–H and O–H groups in total. The molecule has 1 aliphatic heterocycles. The Kier molecular flexibility index (Phi) is 5.65. The number of likely N-dealkylation sites (N-methyl/N-ethyl adjacent to an activating group) is 2. The first kappa shape index (κ1) is 17.3. The molecule has 0 aliphatic carbocycles. The average Bonchev–Trinajstić information content (AvgIpc) is 2.53.